The molecule has 0 saturated carbocycles. The van der Waals surface area contributed by atoms with Crippen LogP contribution in [0.3, 0.4) is 0 Å². The number of carbonyl (C=O) groups is 1. The van der Waals surface area contributed by atoms with Gasteiger partial charge in [-0.3, -0.25) is 0 Å². The molecule has 1 saturated heterocycles. The number of hydrogen-bond acceptors (Lipinski definition) is 5. The molecule has 0 radical (unpaired) electrons. The van der Waals surface area contributed by atoms with Crippen molar-refractivity contribution < 1.29 is 18.3 Å². The lowest BCUT2D eigenvalue weighted by atomic mass is 10.1. The SMILES string of the molecule is CS(=O)(=O)N1CCN(c2ccc(N)cc2C(=O)O)CC1. The largest absolute Gasteiger partial charge is 0.478 e. The van der Waals surface area contributed by atoms with Gasteiger partial charge in [0.15, 0.2) is 0 Å². The minimum Gasteiger partial charge on any atom is -0.478 e. The molecule has 7 nitrogen and oxygen atoms in total. The summed E-state index contributed by atoms with van der Waals surface area (Å²) in [6.45, 7) is 1.61. The van der Waals surface area contributed by atoms with Crippen LogP contribution in [0.15, 0.2) is 18.2 Å². The predicted molar refractivity (Wildman–Crippen MR) is 76.4 cm³/mol. The number of hydrogen-bond donors (Lipinski definition) is 2. The molecule has 1 aromatic rings. The van der Waals surface area contributed by atoms with Crippen molar-refractivity contribution >= 4 is 27.4 Å². The van der Waals surface area contributed by atoms with E-state index in [-0.39, 0.29) is 5.56 Å². The van der Waals surface area contributed by atoms with Crippen LogP contribution in [0.2, 0.25) is 0 Å². The molecule has 1 heterocycles. The molecule has 110 valence electrons. The summed E-state index contributed by atoms with van der Waals surface area (Å²) in [5, 5.41) is 9.21. The molecule has 0 atom stereocenters. The van der Waals surface area contributed by atoms with E-state index in [1.165, 1.54) is 16.6 Å². The molecule has 1 aliphatic rings. The number of piperazine rings is 1. The topological polar surface area (TPSA) is 104 Å². The summed E-state index contributed by atoms with van der Waals surface area (Å²) in [4.78, 5) is 13.1. The smallest absolute Gasteiger partial charge is 0.337 e. The van der Waals surface area contributed by atoms with Gasteiger partial charge in [-0.2, -0.15) is 4.31 Å². The average Bonchev–Trinajstić information content (AvgIpc) is 2.37. The van der Waals surface area contributed by atoms with E-state index in [1.54, 1.807) is 12.1 Å². The Hall–Kier alpha value is -1.80. The van der Waals surface area contributed by atoms with Crippen LogP contribution in [0, 0.1) is 0 Å². The van der Waals surface area contributed by atoms with Gasteiger partial charge >= 0.3 is 5.97 Å². The number of sulfonamides is 1. The first-order valence-electron chi connectivity index (χ1n) is 6.12. The molecule has 1 fully saturated rings. The molecular weight excluding hydrogens is 282 g/mol. The zero-order valence-corrected chi connectivity index (χ0v) is 11.9. The Labute approximate surface area is 117 Å². The Bertz CT molecular complexity index is 622. The number of nitrogens with two attached hydrogens (primary N) is 1. The fourth-order valence-corrected chi connectivity index (χ4v) is 3.09. The zero-order valence-electron chi connectivity index (χ0n) is 11.1. The summed E-state index contributed by atoms with van der Waals surface area (Å²) in [6, 6.07) is 4.72. The van der Waals surface area contributed by atoms with Crippen LogP contribution in [0.5, 0.6) is 0 Å². The standard InChI is InChI=1S/C12H17N3O4S/c1-20(18,19)15-6-4-14(5-7-15)11-3-2-9(13)8-10(11)12(16)17/h2-3,8H,4-7,13H2,1H3,(H,16,17). The molecule has 0 aliphatic carbocycles. The van der Waals surface area contributed by atoms with Crippen LogP contribution in [-0.4, -0.2) is 56.2 Å². The number of carboxylic acid groups (broad SMARTS) is 1. The van der Waals surface area contributed by atoms with E-state index in [9.17, 15) is 18.3 Å². The molecule has 0 bridgehead atoms. The van der Waals surface area contributed by atoms with Gasteiger partial charge in [0.05, 0.1) is 17.5 Å². The second-order valence-electron chi connectivity index (χ2n) is 4.73. The summed E-state index contributed by atoms with van der Waals surface area (Å²) in [7, 11) is -3.19. The van der Waals surface area contributed by atoms with E-state index in [2.05, 4.69) is 0 Å². The van der Waals surface area contributed by atoms with Crippen molar-refractivity contribution in [1.29, 1.82) is 0 Å². The molecule has 0 spiro atoms. The number of nitrogen functional groups attached to an aromatic ring is 1. The van der Waals surface area contributed by atoms with Gasteiger partial charge in [-0.25, -0.2) is 13.2 Å². The first kappa shape index (κ1) is 14.6. The summed E-state index contributed by atoms with van der Waals surface area (Å²) < 4.78 is 24.3. The quantitative estimate of drug-likeness (QED) is 0.764. The van der Waals surface area contributed by atoms with Gasteiger partial charge in [0.2, 0.25) is 10.0 Å². The van der Waals surface area contributed by atoms with Crippen LogP contribution in [-0.2, 0) is 10.0 Å². The molecular formula is C12H17N3O4S. The van der Waals surface area contributed by atoms with Crippen molar-refractivity contribution in [3.05, 3.63) is 23.8 Å². The van der Waals surface area contributed by atoms with Gasteiger partial charge in [0.1, 0.15) is 0 Å². The van der Waals surface area contributed by atoms with Gasteiger partial charge in [0, 0.05) is 31.9 Å². The first-order chi connectivity index (χ1) is 9.29. The number of aromatic carboxylic acids is 1. The minimum absolute atomic E-state index is 0.137. The van der Waals surface area contributed by atoms with Crippen LogP contribution < -0.4 is 10.6 Å². The Kier molecular flexibility index (Phi) is 3.87. The first-order valence-corrected chi connectivity index (χ1v) is 7.97. The molecule has 20 heavy (non-hydrogen) atoms. The maximum absolute atomic E-state index is 11.4. The van der Waals surface area contributed by atoms with Gasteiger partial charge in [0.25, 0.3) is 0 Å². The summed E-state index contributed by atoms with van der Waals surface area (Å²) in [5.41, 5.74) is 6.70. The van der Waals surface area contributed by atoms with Gasteiger partial charge in [-0.05, 0) is 18.2 Å². The van der Waals surface area contributed by atoms with Crippen molar-refractivity contribution in [2.45, 2.75) is 0 Å². The summed E-state index contributed by atoms with van der Waals surface area (Å²) >= 11 is 0. The number of rotatable bonds is 3. The second kappa shape index (κ2) is 5.29. The summed E-state index contributed by atoms with van der Waals surface area (Å²) in [6.07, 6.45) is 1.18. The Morgan fingerprint density at radius 2 is 1.85 bits per heavy atom. The normalized spacial score (nSPS) is 17.1. The monoisotopic (exact) mass is 299 g/mol. The van der Waals surface area contributed by atoms with E-state index in [0.717, 1.165) is 0 Å². The highest BCUT2D eigenvalue weighted by molar-refractivity contribution is 7.88. The highest BCUT2D eigenvalue weighted by Crippen LogP contribution is 2.24. The van der Waals surface area contributed by atoms with Crippen LogP contribution in [0.4, 0.5) is 11.4 Å². The van der Waals surface area contributed by atoms with Crippen molar-refractivity contribution in [3.8, 4) is 0 Å². The maximum atomic E-state index is 11.4. The highest BCUT2D eigenvalue weighted by atomic mass is 32.2. The highest BCUT2D eigenvalue weighted by Gasteiger charge is 2.25. The zero-order chi connectivity index (χ0) is 14.9. The maximum Gasteiger partial charge on any atom is 0.337 e. The van der Waals surface area contributed by atoms with Crippen LogP contribution in [0.25, 0.3) is 0 Å². The minimum atomic E-state index is -3.19. The van der Waals surface area contributed by atoms with Crippen LogP contribution >= 0.6 is 0 Å². The number of nitrogens with zero attached hydrogens (tertiary/aromatic N) is 2. The molecule has 3 N–H and O–H groups in total. The van der Waals surface area contributed by atoms with Crippen molar-refractivity contribution in [2.24, 2.45) is 0 Å². The fourth-order valence-electron chi connectivity index (χ4n) is 2.26. The third-order valence-electron chi connectivity index (χ3n) is 3.30. The third kappa shape index (κ3) is 3.02. The van der Waals surface area contributed by atoms with Crippen molar-refractivity contribution in [3.63, 3.8) is 0 Å². The number of carboxylic acids is 1. The van der Waals surface area contributed by atoms with E-state index in [1.807, 2.05) is 4.90 Å². The Morgan fingerprint density at radius 3 is 2.35 bits per heavy atom. The molecule has 0 amide bonds. The second-order valence-corrected chi connectivity index (χ2v) is 6.71. The van der Waals surface area contributed by atoms with E-state index < -0.39 is 16.0 Å². The third-order valence-corrected chi connectivity index (χ3v) is 4.60. The van der Waals surface area contributed by atoms with Crippen LogP contribution in [0.1, 0.15) is 10.4 Å². The van der Waals surface area contributed by atoms with Gasteiger partial charge in [-0.15, -0.1) is 0 Å². The Balaban J connectivity index is 2.21. The fraction of sp³-hybridized carbons (Fsp3) is 0.417. The average molecular weight is 299 g/mol. The molecule has 1 aliphatic heterocycles. The van der Waals surface area contributed by atoms with Crippen molar-refractivity contribution in [1.82, 2.24) is 4.31 Å². The predicted octanol–water partition coefficient (Wildman–Crippen LogP) is 0.0486. The molecule has 0 aromatic heterocycles. The van der Waals surface area contributed by atoms with E-state index in [0.29, 0.717) is 37.6 Å². The molecule has 1 aromatic carbocycles. The van der Waals surface area contributed by atoms with Crippen molar-refractivity contribution in [2.75, 3.05) is 43.1 Å². The Morgan fingerprint density at radius 1 is 1.25 bits per heavy atom. The number of benzene rings is 1. The van der Waals surface area contributed by atoms with E-state index in [4.69, 9.17) is 5.73 Å². The summed E-state index contributed by atoms with van der Waals surface area (Å²) in [5.74, 6) is -1.04. The lowest BCUT2D eigenvalue weighted by Gasteiger charge is -2.35. The number of anilines is 2. The molecule has 0 unspecified atom stereocenters. The van der Waals surface area contributed by atoms with E-state index >= 15 is 0 Å². The molecule has 2 rings (SSSR count). The lowest BCUT2D eigenvalue weighted by Crippen LogP contribution is -2.48. The van der Waals surface area contributed by atoms with Gasteiger partial charge < -0.3 is 15.7 Å². The molecule has 8 heteroatoms. The lowest BCUT2D eigenvalue weighted by molar-refractivity contribution is 0.0697. The van der Waals surface area contributed by atoms with Gasteiger partial charge in [-0.1, -0.05) is 0 Å².